The van der Waals surface area contributed by atoms with Crippen LogP contribution in [0.4, 0.5) is 4.79 Å². The third-order valence-corrected chi connectivity index (χ3v) is 7.63. The molecule has 2 N–H and O–H groups in total. The molecule has 6 rings (SSSR count). The van der Waals surface area contributed by atoms with E-state index in [-0.39, 0.29) is 12.5 Å². The van der Waals surface area contributed by atoms with Crippen molar-refractivity contribution < 1.29 is 43.1 Å². The van der Waals surface area contributed by atoms with Crippen molar-refractivity contribution >= 4 is 12.1 Å². The maximum absolute atomic E-state index is 13.1. The maximum Gasteiger partial charge on any atom is 0.407 e. The Bertz CT molecular complexity index is 1230. The Kier molecular flexibility index (Phi) is 6.43. The zero-order valence-electron chi connectivity index (χ0n) is 22.3. The molecule has 1 aliphatic carbocycles. The molecule has 3 aliphatic heterocycles. The van der Waals surface area contributed by atoms with E-state index in [0.29, 0.717) is 0 Å². The Labute approximate surface area is 226 Å². The quantitative estimate of drug-likeness (QED) is 0.565. The summed E-state index contributed by atoms with van der Waals surface area (Å²) in [7, 11) is 0. The topological polar surface area (TPSA) is 122 Å². The molecule has 1 unspecified atom stereocenters. The minimum Gasteiger partial charge on any atom is -0.481 e. The van der Waals surface area contributed by atoms with Crippen LogP contribution in [0.15, 0.2) is 48.5 Å². The zero-order valence-corrected chi connectivity index (χ0v) is 22.3. The number of carboxylic acid groups (broad SMARTS) is 1. The lowest BCUT2D eigenvalue weighted by Gasteiger charge is -2.40. The highest BCUT2D eigenvalue weighted by Crippen LogP contribution is 2.46. The summed E-state index contributed by atoms with van der Waals surface area (Å²) in [5.74, 6) is -3.12. The van der Waals surface area contributed by atoms with E-state index >= 15 is 0 Å². The van der Waals surface area contributed by atoms with Gasteiger partial charge in [0.15, 0.2) is 17.9 Å². The molecule has 0 spiro atoms. The predicted octanol–water partition coefficient (Wildman–Crippen LogP) is 3.76. The molecular formula is C29H33NO9. The van der Waals surface area contributed by atoms with Crippen LogP contribution in [-0.4, -0.2) is 72.1 Å². The number of amides is 1. The highest BCUT2D eigenvalue weighted by atomic mass is 16.9. The molecule has 3 fully saturated rings. The fourth-order valence-electron chi connectivity index (χ4n) is 6.20. The van der Waals surface area contributed by atoms with Crippen LogP contribution in [0, 0.1) is 0 Å². The molecule has 0 bridgehead atoms. The number of alkyl carbamates (subject to hydrolysis) is 1. The van der Waals surface area contributed by atoms with Crippen molar-refractivity contribution in [3.05, 3.63) is 59.7 Å². The minimum absolute atomic E-state index is 0.0969. The summed E-state index contributed by atoms with van der Waals surface area (Å²) in [6.45, 7) is 7.17. The smallest absolute Gasteiger partial charge is 0.407 e. The summed E-state index contributed by atoms with van der Waals surface area (Å²) in [6, 6.07) is 15.1. The number of rotatable bonds is 6. The van der Waals surface area contributed by atoms with Crippen LogP contribution in [0.2, 0.25) is 0 Å². The van der Waals surface area contributed by atoms with E-state index < -0.39 is 66.8 Å². The first-order valence-corrected chi connectivity index (χ1v) is 13.2. The van der Waals surface area contributed by atoms with Gasteiger partial charge in [0.05, 0.1) is 12.5 Å². The van der Waals surface area contributed by atoms with Crippen molar-refractivity contribution in [2.45, 2.75) is 88.4 Å². The molecule has 3 heterocycles. The molecule has 10 heteroatoms. The lowest BCUT2D eigenvalue weighted by Crippen LogP contribution is -2.62. The molecule has 2 aromatic rings. The Morgan fingerprint density at radius 3 is 2.08 bits per heavy atom. The van der Waals surface area contributed by atoms with E-state index in [4.69, 9.17) is 28.4 Å². The molecule has 39 heavy (non-hydrogen) atoms. The monoisotopic (exact) mass is 539 g/mol. The number of fused-ring (bicyclic) bond motifs is 6. The van der Waals surface area contributed by atoms with Crippen molar-refractivity contribution in [2.24, 2.45) is 0 Å². The first-order chi connectivity index (χ1) is 18.5. The molecule has 6 atom stereocenters. The number of carboxylic acids is 1. The number of aliphatic carboxylic acids is 1. The molecule has 208 valence electrons. The van der Waals surface area contributed by atoms with Gasteiger partial charge in [0.25, 0.3) is 0 Å². The van der Waals surface area contributed by atoms with E-state index in [9.17, 15) is 14.7 Å². The summed E-state index contributed by atoms with van der Waals surface area (Å²) in [6.07, 6.45) is -4.70. The Hall–Kier alpha value is -3.02. The molecule has 0 saturated carbocycles. The van der Waals surface area contributed by atoms with E-state index in [1.165, 1.54) is 0 Å². The maximum atomic E-state index is 13.1. The molecular weight excluding hydrogens is 506 g/mol. The van der Waals surface area contributed by atoms with Gasteiger partial charge in [0.1, 0.15) is 31.0 Å². The van der Waals surface area contributed by atoms with Crippen molar-refractivity contribution in [1.82, 2.24) is 5.32 Å². The standard InChI is InChI=1S/C29H33NO9/c1-28(2)36-23-22(35-26-25(24(23)37-28)38-29(3,4)39-26)20(13-21(31)32)30-27(33)34-14-19-17-11-7-5-9-15(17)16-10-6-8-12-18(16)19/h5-12,19-20,22-26H,13-14H2,1-4H3,(H,30,33)(H,31,32)/t20?,22-,23-,24-,25+,26+/m0/s1. The Morgan fingerprint density at radius 1 is 0.872 bits per heavy atom. The van der Waals surface area contributed by atoms with Gasteiger partial charge < -0.3 is 38.8 Å². The first-order valence-electron chi connectivity index (χ1n) is 13.2. The fourth-order valence-corrected chi connectivity index (χ4v) is 6.20. The van der Waals surface area contributed by atoms with E-state index in [1.54, 1.807) is 27.7 Å². The van der Waals surface area contributed by atoms with Gasteiger partial charge in [-0.3, -0.25) is 4.79 Å². The number of benzene rings is 2. The van der Waals surface area contributed by atoms with Gasteiger partial charge in [-0.1, -0.05) is 48.5 Å². The second kappa shape index (κ2) is 9.57. The van der Waals surface area contributed by atoms with Crippen LogP contribution in [-0.2, 0) is 33.2 Å². The van der Waals surface area contributed by atoms with E-state index in [1.807, 2.05) is 36.4 Å². The lowest BCUT2D eigenvalue weighted by atomic mass is 9.92. The molecule has 0 radical (unpaired) electrons. The van der Waals surface area contributed by atoms with Crippen LogP contribution in [0.1, 0.15) is 51.2 Å². The molecule has 1 amide bonds. The van der Waals surface area contributed by atoms with Crippen LogP contribution < -0.4 is 5.32 Å². The molecule has 2 aromatic carbocycles. The highest BCUT2D eigenvalue weighted by Gasteiger charge is 2.62. The summed E-state index contributed by atoms with van der Waals surface area (Å²) in [5.41, 5.74) is 4.39. The van der Waals surface area contributed by atoms with Crippen LogP contribution in [0.3, 0.4) is 0 Å². The van der Waals surface area contributed by atoms with Crippen molar-refractivity contribution in [1.29, 1.82) is 0 Å². The number of carbonyl (C=O) groups excluding carboxylic acids is 1. The number of carbonyl (C=O) groups is 2. The van der Waals surface area contributed by atoms with Crippen LogP contribution in [0.5, 0.6) is 0 Å². The summed E-state index contributed by atoms with van der Waals surface area (Å²) >= 11 is 0. The van der Waals surface area contributed by atoms with E-state index in [2.05, 4.69) is 17.4 Å². The Balaban J connectivity index is 1.20. The van der Waals surface area contributed by atoms with Crippen LogP contribution in [0.25, 0.3) is 11.1 Å². The van der Waals surface area contributed by atoms with Gasteiger partial charge in [-0.05, 0) is 49.9 Å². The van der Waals surface area contributed by atoms with Gasteiger partial charge in [0.2, 0.25) is 0 Å². The van der Waals surface area contributed by atoms with Crippen LogP contribution >= 0.6 is 0 Å². The third-order valence-electron chi connectivity index (χ3n) is 7.63. The fraction of sp³-hybridized carbons (Fsp3) is 0.517. The largest absolute Gasteiger partial charge is 0.481 e. The minimum atomic E-state index is -1.11. The number of nitrogens with one attached hydrogen (secondary N) is 1. The van der Waals surface area contributed by atoms with Gasteiger partial charge in [-0.25, -0.2) is 4.79 Å². The second-order valence-electron chi connectivity index (χ2n) is 11.3. The Morgan fingerprint density at radius 2 is 1.44 bits per heavy atom. The van der Waals surface area contributed by atoms with Crippen molar-refractivity contribution in [3.8, 4) is 11.1 Å². The average Bonchev–Trinajstić information content (AvgIpc) is 3.48. The van der Waals surface area contributed by atoms with Gasteiger partial charge in [0, 0.05) is 5.92 Å². The second-order valence-corrected chi connectivity index (χ2v) is 11.3. The van der Waals surface area contributed by atoms with Gasteiger partial charge in [-0.15, -0.1) is 0 Å². The van der Waals surface area contributed by atoms with Crippen molar-refractivity contribution in [3.63, 3.8) is 0 Å². The predicted molar refractivity (Wildman–Crippen MR) is 137 cm³/mol. The third kappa shape index (κ3) is 4.92. The number of hydrogen-bond acceptors (Lipinski definition) is 8. The number of hydrogen-bond donors (Lipinski definition) is 2. The average molecular weight is 540 g/mol. The van der Waals surface area contributed by atoms with Gasteiger partial charge >= 0.3 is 12.1 Å². The lowest BCUT2D eigenvalue weighted by molar-refractivity contribution is -0.239. The molecule has 0 aromatic heterocycles. The highest BCUT2D eigenvalue weighted by molar-refractivity contribution is 5.79. The molecule has 10 nitrogen and oxygen atoms in total. The molecule has 3 saturated heterocycles. The number of ether oxygens (including phenoxy) is 6. The van der Waals surface area contributed by atoms with Gasteiger partial charge in [-0.2, -0.15) is 0 Å². The summed E-state index contributed by atoms with van der Waals surface area (Å²) in [4.78, 5) is 24.9. The SMILES string of the molecule is CC1(C)O[C@H]2[C@@H](O1)[C@H](C(CC(=O)O)NC(=O)OCC1c3ccccc3-c3ccccc31)O[C@@H]1OC(C)(C)O[C@@H]12. The zero-order chi connectivity index (χ0) is 27.5. The first kappa shape index (κ1) is 26.2. The normalized spacial score (nSPS) is 30.5. The summed E-state index contributed by atoms with van der Waals surface area (Å²) < 4.78 is 36.1. The summed E-state index contributed by atoms with van der Waals surface area (Å²) in [5, 5.41) is 12.4. The molecule has 4 aliphatic rings. The van der Waals surface area contributed by atoms with Crippen molar-refractivity contribution in [2.75, 3.05) is 6.61 Å². The van der Waals surface area contributed by atoms with E-state index in [0.717, 1.165) is 22.3 Å².